The highest BCUT2D eigenvalue weighted by Crippen LogP contribution is 2.13. The van der Waals surface area contributed by atoms with Crippen molar-refractivity contribution < 1.29 is 9.21 Å². The van der Waals surface area contributed by atoms with Crippen molar-refractivity contribution in [2.75, 3.05) is 17.7 Å². The summed E-state index contributed by atoms with van der Waals surface area (Å²) in [5.74, 6) is 0.192. The van der Waals surface area contributed by atoms with Gasteiger partial charge in [0.05, 0.1) is 11.3 Å². The molecule has 2 N–H and O–H groups in total. The molecule has 0 bridgehead atoms. The van der Waals surface area contributed by atoms with Crippen LogP contribution in [-0.4, -0.2) is 22.9 Å². The summed E-state index contributed by atoms with van der Waals surface area (Å²) in [5.41, 5.74) is 1.14. The number of hydrogen-bond donors (Lipinski definition) is 2. The van der Waals surface area contributed by atoms with Crippen LogP contribution in [0.4, 0.5) is 11.8 Å². The molecule has 0 aliphatic carbocycles. The van der Waals surface area contributed by atoms with Crippen molar-refractivity contribution in [1.82, 2.24) is 9.97 Å². The van der Waals surface area contributed by atoms with Crippen LogP contribution in [0.1, 0.15) is 16.1 Å². The number of oxazole rings is 1. The van der Waals surface area contributed by atoms with E-state index in [1.54, 1.807) is 32.3 Å². The van der Waals surface area contributed by atoms with E-state index in [-0.39, 0.29) is 11.9 Å². The number of amides is 1. The zero-order valence-corrected chi connectivity index (χ0v) is 9.52. The fourth-order valence-corrected chi connectivity index (χ4v) is 1.36. The minimum absolute atomic E-state index is 0.179. The molecule has 0 spiro atoms. The maximum Gasteiger partial charge on any atom is 0.301 e. The largest absolute Gasteiger partial charge is 0.432 e. The maximum atomic E-state index is 11.9. The highest BCUT2D eigenvalue weighted by molar-refractivity contribution is 6.06. The lowest BCUT2D eigenvalue weighted by atomic mass is 10.2. The van der Waals surface area contributed by atoms with Gasteiger partial charge in [-0.25, -0.2) is 4.98 Å². The normalized spacial score (nSPS) is 10.0. The summed E-state index contributed by atoms with van der Waals surface area (Å²) in [7, 11) is 1.70. The Kier molecular flexibility index (Phi) is 3.04. The third-order valence-electron chi connectivity index (χ3n) is 2.13. The van der Waals surface area contributed by atoms with Crippen LogP contribution < -0.4 is 10.6 Å². The molecule has 0 atom stereocenters. The third-order valence-corrected chi connectivity index (χ3v) is 2.13. The van der Waals surface area contributed by atoms with E-state index in [4.69, 9.17) is 4.42 Å². The minimum Gasteiger partial charge on any atom is -0.432 e. The second kappa shape index (κ2) is 4.65. The fourth-order valence-electron chi connectivity index (χ4n) is 1.36. The van der Waals surface area contributed by atoms with E-state index >= 15 is 0 Å². The molecule has 2 rings (SSSR count). The number of aryl methyl sites for hydroxylation is 1. The number of nitrogens with one attached hydrogen (secondary N) is 2. The zero-order chi connectivity index (χ0) is 12.3. The lowest BCUT2D eigenvalue weighted by Crippen LogP contribution is -2.14. The summed E-state index contributed by atoms with van der Waals surface area (Å²) < 4.78 is 5.05. The van der Waals surface area contributed by atoms with E-state index in [0.717, 1.165) is 0 Å². The van der Waals surface area contributed by atoms with Crippen molar-refractivity contribution in [2.45, 2.75) is 6.92 Å². The Labute approximate surface area is 98.1 Å². The standard InChI is InChI=1S/C11H12N4O2/c1-7-6-17-11(14-7)15-10(16)8-4-3-5-13-9(8)12-2/h3-6H,1-2H3,(H,12,13)(H,14,15,16). The van der Waals surface area contributed by atoms with Crippen LogP contribution in [-0.2, 0) is 0 Å². The highest BCUT2D eigenvalue weighted by Gasteiger charge is 2.13. The van der Waals surface area contributed by atoms with Gasteiger partial charge in [0.25, 0.3) is 5.91 Å². The van der Waals surface area contributed by atoms with Gasteiger partial charge in [0.2, 0.25) is 0 Å². The van der Waals surface area contributed by atoms with E-state index in [9.17, 15) is 4.79 Å². The summed E-state index contributed by atoms with van der Waals surface area (Å²) in [4.78, 5) is 19.9. The molecule has 6 nitrogen and oxygen atoms in total. The van der Waals surface area contributed by atoms with Crippen molar-refractivity contribution in [1.29, 1.82) is 0 Å². The lowest BCUT2D eigenvalue weighted by molar-refractivity contribution is 0.102. The minimum atomic E-state index is -0.315. The van der Waals surface area contributed by atoms with Crippen molar-refractivity contribution in [2.24, 2.45) is 0 Å². The summed E-state index contributed by atoms with van der Waals surface area (Å²) >= 11 is 0. The molecule has 0 aliphatic rings. The SMILES string of the molecule is CNc1ncccc1C(=O)Nc1nc(C)co1. The smallest absolute Gasteiger partial charge is 0.301 e. The molecule has 0 saturated heterocycles. The molecule has 0 unspecified atom stereocenters. The van der Waals surface area contributed by atoms with Gasteiger partial charge in [0, 0.05) is 13.2 Å². The Morgan fingerprint density at radius 1 is 1.47 bits per heavy atom. The van der Waals surface area contributed by atoms with E-state index < -0.39 is 0 Å². The van der Waals surface area contributed by atoms with Gasteiger partial charge in [-0.2, -0.15) is 4.98 Å². The van der Waals surface area contributed by atoms with Crippen LogP contribution in [0.5, 0.6) is 0 Å². The Bertz CT molecular complexity index is 536. The zero-order valence-electron chi connectivity index (χ0n) is 9.52. The second-order valence-electron chi connectivity index (χ2n) is 3.40. The van der Waals surface area contributed by atoms with Crippen molar-refractivity contribution in [3.63, 3.8) is 0 Å². The van der Waals surface area contributed by atoms with Gasteiger partial charge in [-0.15, -0.1) is 0 Å². The Morgan fingerprint density at radius 3 is 2.94 bits per heavy atom. The van der Waals surface area contributed by atoms with Gasteiger partial charge < -0.3 is 9.73 Å². The highest BCUT2D eigenvalue weighted by atomic mass is 16.4. The first-order valence-electron chi connectivity index (χ1n) is 5.07. The number of nitrogens with zero attached hydrogens (tertiary/aromatic N) is 2. The van der Waals surface area contributed by atoms with Crippen LogP contribution >= 0.6 is 0 Å². The Morgan fingerprint density at radius 2 is 2.29 bits per heavy atom. The molecule has 0 saturated carbocycles. The molecule has 88 valence electrons. The van der Waals surface area contributed by atoms with Crippen molar-refractivity contribution in [3.8, 4) is 0 Å². The molecular formula is C11H12N4O2. The number of rotatable bonds is 3. The van der Waals surface area contributed by atoms with Gasteiger partial charge in [-0.1, -0.05) is 0 Å². The average molecular weight is 232 g/mol. The van der Waals surface area contributed by atoms with E-state index in [1.165, 1.54) is 6.26 Å². The molecule has 2 heterocycles. The topological polar surface area (TPSA) is 80.0 Å². The first-order chi connectivity index (χ1) is 8.20. The molecule has 0 fully saturated rings. The first kappa shape index (κ1) is 11.1. The Balaban J connectivity index is 2.20. The molecular weight excluding hydrogens is 220 g/mol. The summed E-state index contributed by atoms with van der Waals surface area (Å²) in [5, 5.41) is 5.40. The lowest BCUT2D eigenvalue weighted by Gasteiger charge is -2.05. The molecule has 1 amide bonds. The molecule has 2 aromatic heterocycles. The van der Waals surface area contributed by atoms with Gasteiger partial charge in [0.15, 0.2) is 0 Å². The summed E-state index contributed by atoms with van der Waals surface area (Å²) in [6, 6.07) is 3.54. The first-order valence-corrected chi connectivity index (χ1v) is 5.07. The fraction of sp³-hybridized carbons (Fsp3) is 0.182. The summed E-state index contributed by atoms with van der Waals surface area (Å²) in [6.07, 6.45) is 3.08. The van der Waals surface area contributed by atoms with E-state index in [0.29, 0.717) is 17.1 Å². The van der Waals surface area contributed by atoms with E-state index in [1.807, 2.05) is 0 Å². The monoisotopic (exact) mass is 232 g/mol. The summed E-state index contributed by atoms with van der Waals surface area (Å²) in [6.45, 7) is 1.78. The van der Waals surface area contributed by atoms with Gasteiger partial charge in [-0.3, -0.25) is 10.1 Å². The third kappa shape index (κ3) is 2.41. The maximum absolute atomic E-state index is 11.9. The number of carbonyl (C=O) groups excluding carboxylic acids is 1. The van der Waals surface area contributed by atoms with E-state index in [2.05, 4.69) is 20.6 Å². The molecule has 0 radical (unpaired) electrons. The molecule has 17 heavy (non-hydrogen) atoms. The van der Waals surface area contributed by atoms with Crippen molar-refractivity contribution >= 4 is 17.7 Å². The number of hydrogen-bond acceptors (Lipinski definition) is 5. The van der Waals surface area contributed by atoms with Crippen molar-refractivity contribution in [3.05, 3.63) is 35.9 Å². The average Bonchev–Trinajstić information content (AvgIpc) is 2.74. The van der Waals surface area contributed by atoms with Crippen LogP contribution in [0.2, 0.25) is 0 Å². The number of anilines is 2. The molecule has 0 aromatic carbocycles. The van der Waals surface area contributed by atoms with Gasteiger partial charge in [-0.05, 0) is 19.1 Å². The predicted molar refractivity (Wildman–Crippen MR) is 63.0 cm³/mol. The van der Waals surface area contributed by atoms with Crippen LogP contribution in [0.3, 0.4) is 0 Å². The molecule has 2 aromatic rings. The molecule has 6 heteroatoms. The predicted octanol–water partition coefficient (Wildman–Crippen LogP) is 1.67. The van der Waals surface area contributed by atoms with Crippen LogP contribution in [0.15, 0.2) is 29.0 Å². The number of pyridine rings is 1. The second-order valence-corrected chi connectivity index (χ2v) is 3.40. The van der Waals surface area contributed by atoms with Gasteiger partial charge in [0.1, 0.15) is 12.1 Å². The van der Waals surface area contributed by atoms with Gasteiger partial charge >= 0.3 is 6.01 Å². The number of aromatic nitrogens is 2. The van der Waals surface area contributed by atoms with Crippen LogP contribution in [0.25, 0.3) is 0 Å². The number of carbonyl (C=O) groups is 1. The quantitative estimate of drug-likeness (QED) is 0.841. The van der Waals surface area contributed by atoms with Crippen LogP contribution in [0, 0.1) is 6.92 Å². The Hall–Kier alpha value is -2.37. The molecule has 0 aliphatic heterocycles.